The molecule has 0 N–H and O–H groups in total. The lowest BCUT2D eigenvalue weighted by molar-refractivity contribution is 0.0749. The summed E-state index contributed by atoms with van der Waals surface area (Å²) in [5, 5.41) is 0. The molecule has 1 aliphatic carbocycles. The molecule has 0 radical (unpaired) electrons. The van der Waals surface area contributed by atoms with Crippen molar-refractivity contribution in [3.63, 3.8) is 0 Å². The van der Waals surface area contributed by atoms with E-state index in [4.69, 9.17) is 0 Å². The summed E-state index contributed by atoms with van der Waals surface area (Å²) in [6.07, 6.45) is 7.99. The molecule has 19 heavy (non-hydrogen) atoms. The van der Waals surface area contributed by atoms with Gasteiger partial charge in [-0.25, -0.2) is 0 Å². The van der Waals surface area contributed by atoms with Gasteiger partial charge in [0.25, 0.3) is 5.91 Å². The van der Waals surface area contributed by atoms with Crippen LogP contribution in [0.4, 0.5) is 0 Å². The van der Waals surface area contributed by atoms with E-state index in [0.29, 0.717) is 6.04 Å². The summed E-state index contributed by atoms with van der Waals surface area (Å²) < 4.78 is 3.19. The maximum atomic E-state index is 12.7. The van der Waals surface area contributed by atoms with Crippen LogP contribution in [0.25, 0.3) is 0 Å². The molecule has 1 saturated carbocycles. The Morgan fingerprint density at radius 2 is 2.05 bits per heavy atom. The zero-order chi connectivity index (χ0) is 13.4. The molecule has 1 aliphatic heterocycles. The van der Waals surface area contributed by atoms with Crippen molar-refractivity contribution in [2.75, 3.05) is 13.1 Å². The van der Waals surface area contributed by atoms with Crippen LogP contribution in [0.15, 0.2) is 16.7 Å². The summed E-state index contributed by atoms with van der Waals surface area (Å²) in [5.41, 5.74) is 0.865. The summed E-state index contributed by atoms with van der Waals surface area (Å²) in [6.45, 7) is 4.11. The Bertz CT molecular complexity index is 478. The van der Waals surface area contributed by atoms with Crippen LogP contribution in [0.1, 0.15) is 55.6 Å². The lowest BCUT2D eigenvalue weighted by Crippen LogP contribution is -2.33. The molecular formula is C15H21BrN2O. The van der Waals surface area contributed by atoms with Crippen molar-refractivity contribution in [1.29, 1.82) is 0 Å². The molecule has 3 rings (SSSR count). The first kappa shape index (κ1) is 13.2. The third kappa shape index (κ3) is 2.88. The van der Waals surface area contributed by atoms with Gasteiger partial charge in [0, 0.05) is 29.8 Å². The summed E-state index contributed by atoms with van der Waals surface area (Å²) in [4.78, 5) is 14.8. The molecule has 1 aromatic rings. The van der Waals surface area contributed by atoms with E-state index in [2.05, 4.69) is 33.6 Å². The quantitative estimate of drug-likeness (QED) is 0.811. The number of amides is 1. The van der Waals surface area contributed by atoms with E-state index in [9.17, 15) is 4.79 Å². The largest absolute Gasteiger partial charge is 0.339 e. The van der Waals surface area contributed by atoms with Gasteiger partial charge in [0.1, 0.15) is 5.69 Å². The van der Waals surface area contributed by atoms with Gasteiger partial charge in [0.2, 0.25) is 0 Å². The molecule has 0 spiro atoms. The van der Waals surface area contributed by atoms with E-state index in [1.165, 1.54) is 19.3 Å². The fraction of sp³-hybridized carbons (Fsp3) is 0.667. The second-order valence-corrected chi connectivity index (χ2v) is 6.93. The molecule has 1 atom stereocenters. The molecular weight excluding hydrogens is 304 g/mol. The number of rotatable bonds is 2. The topological polar surface area (TPSA) is 25.2 Å². The van der Waals surface area contributed by atoms with E-state index in [1.807, 2.05) is 11.0 Å². The highest BCUT2D eigenvalue weighted by atomic mass is 79.9. The molecule has 2 fully saturated rings. The minimum absolute atomic E-state index is 0.215. The van der Waals surface area contributed by atoms with Crippen molar-refractivity contribution in [2.24, 2.45) is 5.92 Å². The lowest BCUT2D eigenvalue weighted by atomic mass is 10.0. The van der Waals surface area contributed by atoms with Crippen molar-refractivity contribution in [1.82, 2.24) is 9.47 Å². The van der Waals surface area contributed by atoms with Gasteiger partial charge < -0.3 is 9.47 Å². The molecule has 4 heteroatoms. The maximum Gasteiger partial charge on any atom is 0.270 e. The Hall–Kier alpha value is -0.770. The number of halogens is 1. The second kappa shape index (κ2) is 5.31. The molecule has 1 saturated heterocycles. The van der Waals surface area contributed by atoms with Crippen LogP contribution in [-0.4, -0.2) is 28.5 Å². The Morgan fingerprint density at radius 1 is 1.26 bits per heavy atom. The SMILES string of the molecule is CC1CCCN(C(=O)c2cc(Br)cn2C2CC2)CC1. The number of carbonyl (C=O) groups is 1. The van der Waals surface area contributed by atoms with E-state index in [1.54, 1.807) is 0 Å². The number of aromatic nitrogens is 1. The first-order chi connectivity index (χ1) is 9.15. The average molecular weight is 325 g/mol. The van der Waals surface area contributed by atoms with Crippen LogP contribution < -0.4 is 0 Å². The molecule has 3 nitrogen and oxygen atoms in total. The van der Waals surface area contributed by atoms with Crippen molar-refractivity contribution >= 4 is 21.8 Å². The Morgan fingerprint density at radius 3 is 2.79 bits per heavy atom. The van der Waals surface area contributed by atoms with Gasteiger partial charge in [0.15, 0.2) is 0 Å². The molecule has 0 bridgehead atoms. The first-order valence-electron chi connectivity index (χ1n) is 7.32. The van der Waals surface area contributed by atoms with E-state index in [0.717, 1.165) is 42.0 Å². The average Bonchev–Trinajstić information content (AvgIpc) is 3.17. The van der Waals surface area contributed by atoms with E-state index in [-0.39, 0.29) is 5.91 Å². The first-order valence-corrected chi connectivity index (χ1v) is 8.11. The van der Waals surface area contributed by atoms with Crippen molar-refractivity contribution in [3.05, 3.63) is 22.4 Å². The molecule has 2 aliphatic rings. The molecule has 0 aromatic carbocycles. The number of hydrogen-bond acceptors (Lipinski definition) is 1. The van der Waals surface area contributed by atoms with Gasteiger partial charge in [-0.3, -0.25) is 4.79 Å². The van der Waals surface area contributed by atoms with Crippen molar-refractivity contribution in [3.8, 4) is 0 Å². The van der Waals surface area contributed by atoms with Crippen LogP contribution in [-0.2, 0) is 0 Å². The lowest BCUT2D eigenvalue weighted by Gasteiger charge is -2.21. The predicted octanol–water partition coefficient (Wildman–Crippen LogP) is 3.85. The van der Waals surface area contributed by atoms with Crippen LogP contribution >= 0.6 is 15.9 Å². The summed E-state index contributed by atoms with van der Waals surface area (Å²) in [7, 11) is 0. The highest BCUT2D eigenvalue weighted by Crippen LogP contribution is 2.37. The molecule has 104 valence electrons. The van der Waals surface area contributed by atoms with E-state index >= 15 is 0 Å². The molecule has 2 heterocycles. The smallest absolute Gasteiger partial charge is 0.270 e. The van der Waals surface area contributed by atoms with E-state index < -0.39 is 0 Å². The van der Waals surface area contributed by atoms with Crippen LogP contribution in [0.2, 0.25) is 0 Å². The van der Waals surface area contributed by atoms with Crippen LogP contribution in [0.5, 0.6) is 0 Å². The van der Waals surface area contributed by atoms with Crippen LogP contribution in [0.3, 0.4) is 0 Å². The zero-order valence-corrected chi connectivity index (χ0v) is 13.0. The van der Waals surface area contributed by atoms with Crippen LogP contribution in [0, 0.1) is 5.92 Å². The Kier molecular flexibility index (Phi) is 3.70. The summed E-state index contributed by atoms with van der Waals surface area (Å²) >= 11 is 3.50. The number of nitrogens with zero attached hydrogens (tertiary/aromatic N) is 2. The van der Waals surface area contributed by atoms with Gasteiger partial charge in [-0.2, -0.15) is 0 Å². The third-order valence-electron chi connectivity index (χ3n) is 4.28. The van der Waals surface area contributed by atoms with Gasteiger partial charge in [-0.15, -0.1) is 0 Å². The molecule has 1 aromatic heterocycles. The van der Waals surface area contributed by atoms with Crippen molar-refractivity contribution < 1.29 is 4.79 Å². The fourth-order valence-corrected chi connectivity index (χ4v) is 3.34. The monoisotopic (exact) mass is 324 g/mol. The summed E-state index contributed by atoms with van der Waals surface area (Å²) in [5.74, 6) is 0.964. The van der Waals surface area contributed by atoms with Gasteiger partial charge in [-0.1, -0.05) is 6.92 Å². The third-order valence-corrected chi connectivity index (χ3v) is 4.71. The van der Waals surface area contributed by atoms with Gasteiger partial charge >= 0.3 is 0 Å². The summed E-state index contributed by atoms with van der Waals surface area (Å²) in [6, 6.07) is 2.53. The number of carbonyl (C=O) groups excluding carboxylic acids is 1. The zero-order valence-electron chi connectivity index (χ0n) is 11.4. The number of hydrogen-bond donors (Lipinski definition) is 0. The number of likely N-dealkylation sites (tertiary alicyclic amines) is 1. The van der Waals surface area contributed by atoms with Crippen molar-refractivity contribution in [2.45, 2.75) is 45.1 Å². The fourth-order valence-electron chi connectivity index (χ4n) is 2.90. The standard InChI is InChI=1S/C15H21BrN2O/c1-11-3-2-7-17(8-6-11)15(19)14-9-12(16)10-18(14)13-4-5-13/h9-11,13H,2-8H2,1H3. The normalized spacial score (nSPS) is 24.3. The van der Waals surface area contributed by atoms with Gasteiger partial charge in [-0.05, 0) is 60.0 Å². The highest BCUT2D eigenvalue weighted by molar-refractivity contribution is 9.10. The molecule has 1 unspecified atom stereocenters. The maximum absolute atomic E-state index is 12.7. The Labute approximate surface area is 123 Å². The second-order valence-electron chi connectivity index (χ2n) is 6.01. The minimum atomic E-state index is 0.215. The Balaban J connectivity index is 1.79. The molecule has 1 amide bonds. The predicted molar refractivity (Wildman–Crippen MR) is 79.3 cm³/mol. The minimum Gasteiger partial charge on any atom is -0.339 e. The highest BCUT2D eigenvalue weighted by Gasteiger charge is 2.30. The van der Waals surface area contributed by atoms with Gasteiger partial charge in [0.05, 0.1) is 0 Å².